The highest BCUT2D eigenvalue weighted by Crippen LogP contribution is 2.30. The van der Waals surface area contributed by atoms with E-state index in [1.165, 1.54) is 44.1 Å². The van der Waals surface area contributed by atoms with E-state index in [1.807, 2.05) is 24.3 Å². The minimum Gasteiger partial charge on any atom is -0.494 e. The van der Waals surface area contributed by atoms with Gasteiger partial charge >= 0.3 is 0 Å². The van der Waals surface area contributed by atoms with Gasteiger partial charge in [0.15, 0.2) is 0 Å². The third-order valence-electron chi connectivity index (χ3n) is 5.26. The summed E-state index contributed by atoms with van der Waals surface area (Å²) < 4.78 is 21.0. The molecule has 0 N–H and O–H groups in total. The highest BCUT2D eigenvalue weighted by molar-refractivity contribution is 5.99. The SMILES string of the molecule is CCCCCCc1ccc2cc3cc(OCCCCC)ccc3c(F)c2c1. The van der Waals surface area contributed by atoms with Gasteiger partial charge in [-0.05, 0) is 65.9 Å². The van der Waals surface area contributed by atoms with Crippen molar-refractivity contribution >= 4 is 21.5 Å². The van der Waals surface area contributed by atoms with E-state index in [-0.39, 0.29) is 5.82 Å². The van der Waals surface area contributed by atoms with Crippen LogP contribution in [0.3, 0.4) is 0 Å². The molecular weight excluding hydrogens is 335 g/mol. The van der Waals surface area contributed by atoms with Crippen LogP contribution >= 0.6 is 0 Å². The van der Waals surface area contributed by atoms with Crippen molar-refractivity contribution in [3.8, 4) is 5.75 Å². The van der Waals surface area contributed by atoms with Crippen molar-refractivity contribution < 1.29 is 9.13 Å². The van der Waals surface area contributed by atoms with Crippen LogP contribution in [0.25, 0.3) is 21.5 Å². The summed E-state index contributed by atoms with van der Waals surface area (Å²) in [4.78, 5) is 0. The molecule has 0 aliphatic rings. The maximum atomic E-state index is 15.1. The Kier molecular flexibility index (Phi) is 7.09. The van der Waals surface area contributed by atoms with Crippen LogP contribution in [0.5, 0.6) is 5.75 Å². The molecule has 0 fully saturated rings. The van der Waals surface area contributed by atoms with Crippen LogP contribution < -0.4 is 4.74 Å². The summed E-state index contributed by atoms with van der Waals surface area (Å²) in [5.41, 5.74) is 1.23. The van der Waals surface area contributed by atoms with Crippen molar-refractivity contribution in [2.45, 2.75) is 65.2 Å². The molecule has 0 saturated heterocycles. The molecule has 0 atom stereocenters. The number of fused-ring (bicyclic) bond motifs is 2. The van der Waals surface area contributed by atoms with Crippen LogP contribution in [0.2, 0.25) is 0 Å². The minimum atomic E-state index is -0.115. The van der Waals surface area contributed by atoms with Crippen LogP contribution in [0.1, 0.15) is 64.4 Å². The largest absolute Gasteiger partial charge is 0.494 e. The first kappa shape index (κ1) is 19.7. The molecule has 0 heterocycles. The van der Waals surface area contributed by atoms with Gasteiger partial charge in [-0.3, -0.25) is 0 Å². The molecule has 0 spiro atoms. The summed E-state index contributed by atoms with van der Waals surface area (Å²) in [7, 11) is 0. The second-order valence-corrected chi connectivity index (χ2v) is 7.50. The lowest BCUT2D eigenvalue weighted by molar-refractivity contribution is 0.306. The average Bonchev–Trinajstić information content (AvgIpc) is 2.69. The highest BCUT2D eigenvalue weighted by Gasteiger charge is 2.09. The summed E-state index contributed by atoms with van der Waals surface area (Å²) in [6.07, 6.45) is 9.37. The molecule has 0 saturated carbocycles. The van der Waals surface area contributed by atoms with Gasteiger partial charge in [0.05, 0.1) is 6.61 Å². The molecule has 0 unspecified atom stereocenters. The Labute approximate surface area is 162 Å². The van der Waals surface area contributed by atoms with Gasteiger partial charge in [0, 0.05) is 10.8 Å². The zero-order valence-electron chi connectivity index (χ0n) is 16.7. The number of aryl methyl sites for hydroxylation is 1. The van der Waals surface area contributed by atoms with Gasteiger partial charge in [-0.2, -0.15) is 0 Å². The third kappa shape index (κ3) is 5.00. The normalized spacial score (nSPS) is 11.4. The van der Waals surface area contributed by atoms with Crippen molar-refractivity contribution in [3.05, 3.63) is 53.8 Å². The molecule has 0 aromatic heterocycles. The summed E-state index contributed by atoms with van der Waals surface area (Å²) in [6, 6.07) is 14.0. The van der Waals surface area contributed by atoms with E-state index in [9.17, 15) is 0 Å². The van der Waals surface area contributed by atoms with Gasteiger partial charge in [0.25, 0.3) is 0 Å². The highest BCUT2D eigenvalue weighted by atomic mass is 19.1. The molecule has 3 aromatic rings. The van der Waals surface area contributed by atoms with Crippen LogP contribution in [0.4, 0.5) is 4.39 Å². The number of unbranched alkanes of at least 4 members (excludes halogenated alkanes) is 5. The Bertz CT molecular complexity index is 884. The summed E-state index contributed by atoms with van der Waals surface area (Å²) in [6.45, 7) is 5.12. The fourth-order valence-electron chi connectivity index (χ4n) is 3.64. The monoisotopic (exact) mass is 366 g/mol. The number of hydrogen-bond donors (Lipinski definition) is 0. The molecule has 0 amide bonds. The predicted molar refractivity (Wildman–Crippen MR) is 114 cm³/mol. The van der Waals surface area contributed by atoms with Gasteiger partial charge in [-0.25, -0.2) is 4.39 Å². The lowest BCUT2D eigenvalue weighted by Gasteiger charge is -2.10. The summed E-state index contributed by atoms with van der Waals surface area (Å²) in [5.74, 6) is 0.709. The van der Waals surface area contributed by atoms with Gasteiger partial charge in [0.1, 0.15) is 11.6 Å². The Hall–Kier alpha value is -2.09. The van der Waals surface area contributed by atoms with Gasteiger partial charge in [-0.15, -0.1) is 0 Å². The number of hydrogen-bond acceptors (Lipinski definition) is 1. The predicted octanol–water partition coefficient (Wildman–Crippen LogP) is 7.82. The number of ether oxygens (including phenoxy) is 1. The first-order chi connectivity index (χ1) is 13.2. The fourth-order valence-corrected chi connectivity index (χ4v) is 3.64. The molecule has 3 aromatic carbocycles. The first-order valence-electron chi connectivity index (χ1n) is 10.5. The summed E-state index contributed by atoms with van der Waals surface area (Å²) in [5, 5.41) is 3.27. The lowest BCUT2D eigenvalue weighted by atomic mass is 9.98. The van der Waals surface area contributed by atoms with Crippen LogP contribution in [0, 0.1) is 5.82 Å². The van der Waals surface area contributed by atoms with Crippen molar-refractivity contribution in [2.75, 3.05) is 6.61 Å². The number of halogens is 1. The molecule has 144 valence electrons. The van der Waals surface area contributed by atoms with Gasteiger partial charge in [0.2, 0.25) is 0 Å². The van der Waals surface area contributed by atoms with E-state index >= 15 is 4.39 Å². The van der Waals surface area contributed by atoms with Gasteiger partial charge in [-0.1, -0.05) is 58.1 Å². The molecule has 27 heavy (non-hydrogen) atoms. The zero-order chi connectivity index (χ0) is 19.1. The molecule has 2 heteroatoms. The second-order valence-electron chi connectivity index (χ2n) is 7.50. The van der Waals surface area contributed by atoms with Crippen molar-refractivity contribution in [2.24, 2.45) is 0 Å². The van der Waals surface area contributed by atoms with E-state index in [0.717, 1.165) is 41.4 Å². The van der Waals surface area contributed by atoms with Gasteiger partial charge < -0.3 is 4.74 Å². The molecule has 0 bridgehead atoms. The Balaban J connectivity index is 1.82. The van der Waals surface area contributed by atoms with Crippen LogP contribution in [0.15, 0.2) is 42.5 Å². The topological polar surface area (TPSA) is 9.23 Å². The van der Waals surface area contributed by atoms with Crippen molar-refractivity contribution in [1.29, 1.82) is 0 Å². The van der Waals surface area contributed by atoms with E-state index in [1.54, 1.807) is 0 Å². The fraction of sp³-hybridized carbons (Fsp3) is 0.440. The van der Waals surface area contributed by atoms with Crippen LogP contribution in [-0.4, -0.2) is 6.61 Å². The molecular formula is C25H31FO. The van der Waals surface area contributed by atoms with E-state index < -0.39 is 0 Å². The lowest BCUT2D eigenvalue weighted by Crippen LogP contribution is -1.97. The van der Waals surface area contributed by atoms with Crippen molar-refractivity contribution in [3.63, 3.8) is 0 Å². The maximum Gasteiger partial charge on any atom is 0.138 e. The standard InChI is InChI=1S/C25H31FO/c1-3-5-7-8-10-19-11-12-20-17-21-18-22(27-15-9-6-4-2)13-14-23(21)25(26)24(20)16-19/h11-14,16-18H,3-10,15H2,1-2H3. The van der Waals surface area contributed by atoms with E-state index in [2.05, 4.69) is 32.0 Å². The number of rotatable bonds is 10. The van der Waals surface area contributed by atoms with Crippen LogP contribution in [-0.2, 0) is 6.42 Å². The Morgan fingerprint density at radius 2 is 1.56 bits per heavy atom. The summed E-state index contributed by atoms with van der Waals surface area (Å²) >= 11 is 0. The van der Waals surface area contributed by atoms with Crippen molar-refractivity contribution in [1.82, 2.24) is 0 Å². The maximum absolute atomic E-state index is 15.1. The quantitative estimate of drug-likeness (QED) is 0.262. The molecule has 0 radical (unpaired) electrons. The average molecular weight is 367 g/mol. The Morgan fingerprint density at radius 3 is 2.37 bits per heavy atom. The molecule has 0 aliphatic heterocycles. The second kappa shape index (κ2) is 9.73. The van der Waals surface area contributed by atoms with E-state index in [4.69, 9.17) is 4.74 Å². The smallest absolute Gasteiger partial charge is 0.138 e. The zero-order valence-corrected chi connectivity index (χ0v) is 16.7. The molecule has 3 rings (SSSR count). The third-order valence-corrected chi connectivity index (χ3v) is 5.26. The van der Waals surface area contributed by atoms with E-state index in [0.29, 0.717) is 5.39 Å². The molecule has 0 aliphatic carbocycles. The Morgan fingerprint density at radius 1 is 0.741 bits per heavy atom. The number of benzene rings is 3. The molecule has 1 nitrogen and oxygen atoms in total. The minimum absolute atomic E-state index is 0.115. The first-order valence-corrected chi connectivity index (χ1v) is 10.5.